The molecule has 2 rings (SSSR count). The van der Waals surface area contributed by atoms with Gasteiger partial charge in [0.05, 0.1) is 11.7 Å². The van der Waals surface area contributed by atoms with Gasteiger partial charge in [-0.15, -0.1) is 0 Å². The van der Waals surface area contributed by atoms with Gasteiger partial charge in [-0.1, -0.05) is 38.3 Å². The third-order valence-corrected chi connectivity index (χ3v) is 4.27. The molecule has 1 saturated carbocycles. The van der Waals surface area contributed by atoms with E-state index in [1.165, 1.54) is 6.42 Å². The minimum atomic E-state index is -0.906. The maximum absolute atomic E-state index is 10.4. The van der Waals surface area contributed by atoms with Gasteiger partial charge in [-0.3, -0.25) is 0 Å². The predicted octanol–water partition coefficient (Wildman–Crippen LogP) is 2.56. The van der Waals surface area contributed by atoms with E-state index >= 15 is 0 Å². The van der Waals surface area contributed by atoms with Gasteiger partial charge in [0.1, 0.15) is 18.5 Å². The van der Waals surface area contributed by atoms with Crippen LogP contribution in [0.25, 0.3) is 0 Å². The number of rotatable bonds is 6. The van der Waals surface area contributed by atoms with Crippen LogP contribution in [-0.4, -0.2) is 33.6 Å². The molecule has 0 radical (unpaired) electrons. The lowest BCUT2D eigenvalue weighted by atomic mass is 9.85. The van der Waals surface area contributed by atoms with Gasteiger partial charge in [0.2, 0.25) is 0 Å². The van der Waals surface area contributed by atoms with Crippen molar-refractivity contribution in [1.82, 2.24) is 0 Å². The predicted molar refractivity (Wildman–Crippen MR) is 81.2 cm³/mol. The second-order valence-electron chi connectivity index (χ2n) is 6.07. The number of aliphatic hydroxyl groups is 3. The maximum atomic E-state index is 10.4. The van der Waals surface area contributed by atoms with E-state index in [9.17, 15) is 15.3 Å². The minimum Gasteiger partial charge on any atom is -0.491 e. The Kier molecular flexibility index (Phi) is 5.62. The third kappa shape index (κ3) is 4.43. The number of hydrogen-bond donors (Lipinski definition) is 3. The van der Waals surface area contributed by atoms with E-state index in [1.54, 1.807) is 24.3 Å². The molecule has 4 nitrogen and oxygen atoms in total. The Morgan fingerprint density at radius 2 is 1.90 bits per heavy atom. The molecule has 1 aliphatic carbocycles. The van der Waals surface area contributed by atoms with Crippen molar-refractivity contribution < 1.29 is 20.1 Å². The third-order valence-electron chi connectivity index (χ3n) is 4.27. The van der Waals surface area contributed by atoms with Crippen molar-refractivity contribution in [3.05, 3.63) is 29.8 Å². The standard InChI is InChI=1S/C17H26O4/c1-2-15(18)16(19)13-7-6-8-14(11-13)21-12-17(20)9-4-3-5-10-17/h6-8,11,15-16,18-20H,2-5,9-10,12H2,1H3/t15-,16+/m1/s1. The van der Waals surface area contributed by atoms with Gasteiger partial charge in [0.25, 0.3) is 0 Å². The van der Waals surface area contributed by atoms with Gasteiger partial charge in [-0.2, -0.15) is 0 Å². The van der Waals surface area contributed by atoms with E-state index in [2.05, 4.69) is 0 Å². The molecule has 3 N–H and O–H groups in total. The van der Waals surface area contributed by atoms with E-state index in [1.807, 2.05) is 6.92 Å². The molecular weight excluding hydrogens is 268 g/mol. The van der Waals surface area contributed by atoms with Crippen LogP contribution < -0.4 is 4.74 Å². The molecule has 0 aromatic heterocycles. The van der Waals surface area contributed by atoms with Crippen LogP contribution in [0.3, 0.4) is 0 Å². The van der Waals surface area contributed by atoms with Crippen molar-refractivity contribution in [2.24, 2.45) is 0 Å². The lowest BCUT2D eigenvalue weighted by Crippen LogP contribution is -2.37. The van der Waals surface area contributed by atoms with Gasteiger partial charge in [-0.25, -0.2) is 0 Å². The van der Waals surface area contributed by atoms with Crippen LogP contribution in [0.2, 0.25) is 0 Å². The summed E-state index contributed by atoms with van der Waals surface area (Å²) in [6.45, 7) is 2.11. The van der Waals surface area contributed by atoms with Crippen LogP contribution in [0.1, 0.15) is 57.1 Å². The second-order valence-corrected chi connectivity index (χ2v) is 6.07. The summed E-state index contributed by atoms with van der Waals surface area (Å²) in [7, 11) is 0. The number of aliphatic hydroxyl groups excluding tert-OH is 2. The Morgan fingerprint density at radius 3 is 2.57 bits per heavy atom. The average Bonchev–Trinajstić information content (AvgIpc) is 2.52. The molecule has 0 spiro atoms. The smallest absolute Gasteiger partial charge is 0.119 e. The van der Waals surface area contributed by atoms with Crippen molar-refractivity contribution in [2.75, 3.05) is 6.61 Å². The zero-order valence-electron chi connectivity index (χ0n) is 12.7. The zero-order valence-corrected chi connectivity index (χ0v) is 12.7. The molecule has 1 aromatic carbocycles. The van der Waals surface area contributed by atoms with Gasteiger partial charge in [-0.05, 0) is 37.0 Å². The first kappa shape index (κ1) is 16.3. The molecule has 0 saturated heterocycles. The summed E-state index contributed by atoms with van der Waals surface area (Å²) in [6.07, 6.45) is 3.64. The van der Waals surface area contributed by atoms with Crippen LogP contribution in [0.5, 0.6) is 5.75 Å². The minimum absolute atomic E-state index is 0.281. The van der Waals surface area contributed by atoms with Crippen molar-refractivity contribution in [2.45, 2.75) is 63.3 Å². The quantitative estimate of drug-likeness (QED) is 0.754. The van der Waals surface area contributed by atoms with E-state index < -0.39 is 17.8 Å². The largest absolute Gasteiger partial charge is 0.491 e. The summed E-state index contributed by atoms with van der Waals surface area (Å²) in [6, 6.07) is 7.10. The van der Waals surface area contributed by atoms with Crippen LogP contribution >= 0.6 is 0 Å². The Morgan fingerprint density at radius 1 is 1.19 bits per heavy atom. The SMILES string of the molecule is CC[C@@H](O)[C@@H](O)c1cccc(OCC2(O)CCCCC2)c1. The molecule has 0 aliphatic heterocycles. The Balaban J connectivity index is 1.97. The first-order valence-electron chi connectivity index (χ1n) is 7.85. The van der Waals surface area contributed by atoms with E-state index in [4.69, 9.17) is 4.74 Å². The average molecular weight is 294 g/mol. The molecule has 1 fully saturated rings. The van der Waals surface area contributed by atoms with Crippen LogP contribution in [0.4, 0.5) is 0 Å². The molecule has 21 heavy (non-hydrogen) atoms. The van der Waals surface area contributed by atoms with Crippen molar-refractivity contribution in [3.8, 4) is 5.75 Å². The fourth-order valence-electron chi connectivity index (χ4n) is 2.81. The maximum Gasteiger partial charge on any atom is 0.119 e. The highest BCUT2D eigenvalue weighted by Crippen LogP contribution is 2.29. The lowest BCUT2D eigenvalue weighted by molar-refractivity contribution is -0.0340. The topological polar surface area (TPSA) is 69.9 Å². The van der Waals surface area contributed by atoms with Crippen LogP contribution in [-0.2, 0) is 0 Å². The summed E-state index contributed by atoms with van der Waals surface area (Å²) in [5.74, 6) is 0.619. The zero-order chi connectivity index (χ0) is 15.3. The molecule has 0 bridgehead atoms. The molecule has 118 valence electrons. The molecule has 2 atom stereocenters. The highest BCUT2D eigenvalue weighted by molar-refractivity contribution is 5.30. The molecule has 0 amide bonds. The van der Waals surface area contributed by atoms with Crippen LogP contribution in [0.15, 0.2) is 24.3 Å². The molecule has 1 aliphatic rings. The van der Waals surface area contributed by atoms with E-state index in [0.717, 1.165) is 25.7 Å². The first-order chi connectivity index (χ1) is 10.0. The van der Waals surface area contributed by atoms with Crippen molar-refractivity contribution in [3.63, 3.8) is 0 Å². The van der Waals surface area contributed by atoms with E-state index in [-0.39, 0.29) is 6.61 Å². The summed E-state index contributed by atoms with van der Waals surface area (Å²) >= 11 is 0. The van der Waals surface area contributed by atoms with Gasteiger partial charge in [0.15, 0.2) is 0 Å². The monoisotopic (exact) mass is 294 g/mol. The summed E-state index contributed by atoms with van der Waals surface area (Å²) < 4.78 is 5.71. The normalized spacial score (nSPS) is 20.8. The lowest BCUT2D eigenvalue weighted by Gasteiger charge is -2.31. The van der Waals surface area contributed by atoms with E-state index in [0.29, 0.717) is 17.7 Å². The fourth-order valence-corrected chi connectivity index (χ4v) is 2.81. The summed E-state index contributed by atoms with van der Waals surface area (Å²) in [4.78, 5) is 0. The molecule has 0 heterocycles. The summed E-state index contributed by atoms with van der Waals surface area (Å²) in [5.41, 5.74) is -0.0898. The Hall–Kier alpha value is -1.10. The molecular formula is C17H26O4. The number of ether oxygens (including phenoxy) is 1. The molecule has 1 aromatic rings. The Bertz CT molecular complexity index is 440. The number of hydrogen-bond acceptors (Lipinski definition) is 4. The molecule has 0 unspecified atom stereocenters. The van der Waals surface area contributed by atoms with Crippen LogP contribution in [0, 0.1) is 0 Å². The number of benzene rings is 1. The Labute approximate surface area is 126 Å². The van der Waals surface area contributed by atoms with Gasteiger partial charge >= 0.3 is 0 Å². The van der Waals surface area contributed by atoms with Gasteiger partial charge in [0, 0.05) is 0 Å². The second kappa shape index (κ2) is 7.25. The highest BCUT2D eigenvalue weighted by Gasteiger charge is 2.30. The van der Waals surface area contributed by atoms with Gasteiger partial charge < -0.3 is 20.1 Å². The molecule has 4 heteroatoms. The summed E-state index contributed by atoms with van der Waals surface area (Å²) in [5, 5.41) is 30.2. The first-order valence-corrected chi connectivity index (χ1v) is 7.85. The fraction of sp³-hybridized carbons (Fsp3) is 0.647. The van der Waals surface area contributed by atoms with Crippen molar-refractivity contribution >= 4 is 0 Å². The van der Waals surface area contributed by atoms with Crippen molar-refractivity contribution in [1.29, 1.82) is 0 Å². The highest BCUT2D eigenvalue weighted by atomic mass is 16.5.